The lowest BCUT2D eigenvalue weighted by Gasteiger charge is -2.19. The zero-order chi connectivity index (χ0) is 9.19. The Morgan fingerprint density at radius 3 is 2.75 bits per heavy atom. The minimum absolute atomic E-state index is 0.0286. The quantitative estimate of drug-likeness (QED) is 0.704. The Kier molecular flexibility index (Phi) is 2.74. The molecule has 0 unspecified atom stereocenters. The van der Waals surface area contributed by atoms with Crippen LogP contribution in [0.2, 0.25) is 0 Å². The first kappa shape index (κ1) is 9.54. The zero-order valence-corrected chi connectivity index (χ0v) is 8.43. The zero-order valence-electron chi connectivity index (χ0n) is 7.61. The Morgan fingerprint density at radius 2 is 2.33 bits per heavy atom. The van der Waals surface area contributed by atoms with Gasteiger partial charge in [-0.3, -0.25) is 0 Å². The molecular weight excluding hydrogens is 172 g/mol. The normalized spacial score (nSPS) is 12.0. The van der Waals surface area contributed by atoms with Gasteiger partial charge in [0.1, 0.15) is 6.33 Å². The van der Waals surface area contributed by atoms with Crippen LogP contribution in [-0.2, 0) is 7.05 Å². The second-order valence-electron chi connectivity index (χ2n) is 3.29. The van der Waals surface area contributed by atoms with Crippen LogP contribution in [0.15, 0.2) is 11.5 Å². The fraction of sp³-hybridized carbons (Fsp3) is 0.714. The van der Waals surface area contributed by atoms with E-state index in [1.165, 1.54) is 0 Å². The summed E-state index contributed by atoms with van der Waals surface area (Å²) >= 11 is 1.64. The van der Waals surface area contributed by atoms with E-state index in [0.29, 0.717) is 6.54 Å². The molecule has 0 aromatic carbocycles. The molecule has 1 rings (SSSR count). The first-order valence-electron chi connectivity index (χ1n) is 3.78. The van der Waals surface area contributed by atoms with Gasteiger partial charge in [-0.15, -0.1) is 10.2 Å². The topological polar surface area (TPSA) is 56.7 Å². The van der Waals surface area contributed by atoms with E-state index in [2.05, 4.69) is 24.0 Å². The Hall–Kier alpha value is -0.550. The van der Waals surface area contributed by atoms with Gasteiger partial charge < -0.3 is 10.3 Å². The van der Waals surface area contributed by atoms with Gasteiger partial charge >= 0.3 is 0 Å². The molecule has 0 bridgehead atoms. The summed E-state index contributed by atoms with van der Waals surface area (Å²) in [6.07, 6.45) is 1.69. The van der Waals surface area contributed by atoms with Crippen molar-refractivity contribution in [1.82, 2.24) is 14.8 Å². The summed E-state index contributed by atoms with van der Waals surface area (Å²) in [7, 11) is 1.93. The molecule has 0 aliphatic rings. The van der Waals surface area contributed by atoms with Crippen LogP contribution in [0, 0.1) is 0 Å². The molecule has 0 aliphatic heterocycles. The molecule has 1 aromatic heterocycles. The smallest absolute Gasteiger partial charge is 0.191 e. The number of aryl methyl sites for hydroxylation is 1. The molecule has 2 N–H and O–H groups in total. The van der Waals surface area contributed by atoms with Gasteiger partial charge in [0.05, 0.1) is 0 Å². The summed E-state index contributed by atoms with van der Waals surface area (Å²) in [6.45, 7) is 4.81. The van der Waals surface area contributed by atoms with E-state index in [4.69, 9.17) is 5.73 Å². The van der Waals surface area contributed by atoms with Crippen LogP contribution in [0.3, 0.4) is 0 Å². The minimum atomic E-state index is 0.0286. The van der Waals surface area contributed by atoms with Gasteiger partial charge in [0.25, 0.3) is 0 Å². The van der Waals surface area contributed by atoms with Crippen LogP contribution in [0.25, 0.3) is 0 Å². The molecule has 0 fully saturated rings. The SMILES string of the molecule is Cn1cnnc1SC(C)(C)CN. The van der Waals surface area contributed by atoms with Crippen molar-refractivity contribution < 1.29 is 0 Å². The van der Waals surface area contributed by atoms with E-state index >= 15 is 0 Å². The highest BCUT2D eigenvalue weighted by molar-refractivity contribution is 8.00. The van der Waals surface area contributed by atoms with Gasteiger partial charge in [-0.25, -0.2) is 0 Å². The maximum absolute atomic E-state index is 5.59. The summed E-state index contributed by atoms with van der Waals surface area (Å²) < 4.78 is 1.92. The lowest BCUT2D eigenvalue weighted by molar-refractivity contribution is 0.704. The number of hydrogen-bond donors (Lipinski definition) is 1. The van der Waals surface area contributed by atoms with Crippen molar-refractivity contribution in [3.63, 3.8) is 0 Å². The van der Waals surface area contributed by atoms with Crippen molar-refractivity contribution >= 4 is 11.8 Å². The molecule has 0 aliphatic carbocycles. The number of rotatable bonds is 3. The number of thioether (sulfide) groups is 1. The van der Waals surface area contributed by atoms with Crippen LogP contribution in [0.1, 0.15) is 13.8 Å². The van der Waals surface area contributed by atoms with Crippen LogP contribution in [0.4, 0.5) is 0 Å². The fourth-order valence-electron chi connectivity index (χ4n) is 0.654. The van der Waals surface area contributed by atoms with E-state index in [0.717, 1.165) is 5.16 Å². The van der Waals surface area contributed by atoms with Gasteiger partial charge in [0, 0.05) is 18.3 Å². The Bertz CT molecular complexity index is 256. The molecular formula is C7H14N4S. The van der Waals surface area contributed by atoms with Crippen LogP contribution < -0.4 is 5.73 Å². The summed E-state index contributed by atoms with van der Waals surface area (Å²) in [5.74, 6) is 0. The third-order valence-corrected chi connectivity index (χ3v) is 2.80. The molecule has 12 heavy (non-hydrogen) atoms. The Labute approximate surface area is 76.5 Å². The van der Waals surface area contributed by atoms with Crippen molar-refractivity contribution in [2.75, 3.05) is 6.54 Å². The van der Waals surface area contributed by atoms with Gasteiger partial charge in [-0.1, -0.05) is 11.8 Å². The lowest BCUT2D eigenvalue weighted by Crippen LogP contribution is -2.27. The Morgan fingerprint density at radius 1 is 1.67 bits per heavy atom. The Balaban J connectivity index is 2.70. The maximum atomic E-state index is 5.59. The molecule has 0 saturated carbocycles. The summed E-state index contributed by atoms with van der Waals surface area (Å²) in [5.41, 5.74) is 5.59. The summed E-state index contributed by atoms with van der Waals surface area (Å²) in [4.78, 5) is 0. The summed E-state index contributed by atoms with van der Waals surface area (Å²) in [5, 5.41) is 8.67. The van der Waals surface area contributed by atoms with E-state index < -0.39 is 0 Å². The predicted molar refractivity (Wildman–Crippen MR) is 50.0 cm³/mol. The van der Waals surface area contributed by atoms with E-state index in [1.807, 2.05) is 11.6 Å². The van der Waals surface area contributed by atoms with Crippen molar-refractivity contribution in [3.05, 3.63) is 6.33 Å². The van der Waals surface area contributed by atoms with Crippen molar-refractivity contribution in [3.8, 4) is 0 Å². The second kappa shape index (κ2) is 3.45. The molecule has 1 aromatic rings. The largest absolute Gasteiger partial charge is 0.329 e. The number of aromatic nitrogens is 3. The molecule has 0 amide bonds. The van der Waals surface area contributed by atoms with E-state index in [1.54, 1.807) is 18.1 Å². The van der Waals surface area contributed by atoms with Gasteiger partial charge in [-0.2, -0.15) is 0 Å². The lowest BCUT2D eigenvalue weighted by atomic mass is 10.2. The molecule has 4 nitrogen and oxygen atoms in total. The molecule has 1 heterocycles. The average Bonchev–Trinajstić information content (AvgIpc) is 2.36. The maximum Gasteiger partial charge on any atom is 0.191 e. The molecule has 5 heteroatoms. The molecule has 0 radical (unpaired) electrons. The van der Waals surface area contributed by atoms with E-state index in [9.17, 15) is 0 Å². The molecule has 0 spiro atoms. The molecule has 0 atom stereocenters. The van der Waals surface area contributed by atoms with Crippen molar-refractivity contribution in [1.29, 1.82) is 0 Å². The van der Waals surface area contributed by atoms with Crippen LogP contribution >= 0.6 is 11.8 Å². The molecule has 0 saturated heterocycles. The van der Waals surface area contributed by atoms with Gasteiger partial charge in [-0.05, 0) is 13.8 Å². The minimum Gasteiger partial charge on any atom is -0.329 e. The van der Waals surface area contributed by atoms with E-state index in [-0.39, 0.29) is 4.75 Å². The molecule has 68 valence electrons. The third kappa shape index (κ3) is 2.22. The highest BCUT2D eigenvalue weighted by Gasteiger charge is 2.19. The standard InChI is InChI=1S/C7H14N4S/c1-7(2,4-8)12-6-10-9-5-11(6)3/h5H,4,8H2,1-3H3. The first-order chi connectivity index (χ1) is 5.55. The highest BCUT2D eigenvalue weighted by atomic mass is 32.2. The number of nitrogens with zero attached hydrogens (tertiary/aromatic N) is 3. The fourth-order valence-corrected chi connectivity index (χ4v) is 1.51. The monoisotopic (exact) mass is 186 g/mol. The number of hydrogen-bond acceptors (Lipinski definition) is 4. The highest BCUT2D eigenvalue weighted by Crippen LogP contribution is 2.28. The third-order valence-electron chi connectivity index (χ3n) is 1.53. The van der Waals surface area contributed by atoms with Gasteiger partial charge in [0.15, 0.2) is 5.16 Å². The predicted octanol–water partition coefficient (Wildman–Crippen LogP) is 0.644. The summed E-state index contributed by atoms with van der Waals surface area (Å²) in [6, 6.07) is 0. The number of nitrogens with two attached hydrogens (primary N) is 1. The van der Waals surface area contributed by atoms with Crippen LogP contribution in [0.5, 0.6) is 0 Å². The van der Waals surface area contributed by atoms with Crippen molar-refractivity contribution in [2.24, 2.45) is 12.8 Å². The average molecular weight is 186 g/mol. The van der Waals surface area contributed by atoms with Crippen LogP contribution in [-0.4, -0.2) is 26.1 Å². The van der Waals surface area contributed by atoms with Crippen molar-refractivity contribution in [2.45, 2.75) is 23.8 Å². The van der Waals surface area contributed by atoms with Gasteiger partial charge in [0.2, 0.25) is 0 Å². The first-order valence-corrected chi connectivity index (χ1v) is 4.60. The second-order valence-corrected chi connectivity index (χ2v) is 4.96.